The number of benzene rings is 1. The molecule has 0 aliphatic heterocycles. The minimum absolute atomic E-state index is 0.0504. The van der Waals surface area contributed by atoms with Crippen LogP contribution in [0.15, 0.2) is 36.4 Å². The minimum atomic E-state index is -0.0504. The van der Waals surface area contributed by atoms with Gasteiger partial charge in [-0.15, -0.1) is 0 Å². The van der Waals surface area contributed by atoms with E-state index < -0.39 is 0 Å². The van der Waals surface area contributed by atoms with Crippen molar-refractivity contribution < 1.29 is 4.79 Å². The van der Waals surface area contributed by atoms with Gasteiger partial charge in [0.2, 0.25) is 0 Å². The molecule has 1 aliphatic rings. The molecule has 1 amide bonds. The fourth-order valence-electron chi connectivity index (χ4n) is 4.15. The quantitative estimate of drug-likeness (QED) is 0.730. The van der Waals surface area contributed by atoms with Crippen molar-refractivity contribution in [3.63, 3.8) is 0 Å². The van der Waals surface area contributed by atoms with E-state index in [0.29, 0.717) is 12.6 Å². The Bertz CT molecular complexity index is 795. The zero-order valence-electron chi connectivity index (χ0n) is 15.7. The lowest BCUT2D eigenvalue weighted by Crippen LogP contribution is -2.31. The summed E-state index contributed by atoms with van der Waals surface area (Å²) in [6, 6.07) is 14.5. The van der Waals surface area contributed by atoms with Gasteiger partial charge >= 0.3 is 0 Å². The first kappa shape index (κ1) is 18.3. The smallest absolute Gasteiger partial charge is 0.256 e. The Hall–Kier alpha value is -2.54. The molecule has 1 aliphatic carbocycles. The van der Waals surface area contributed by atoms with E-state index in [1.807, 2.05) is 43.3 Å². The van der Waals surface area contributed by atoms with Crippen LogP contribution in [0, 0.1) is 25.2 Å². The molecule has 2 aromatic rings. The lowest BCUT2D eigenvalue weighted by atomic mass is 9.95. The van der Waals surface area contributed by atoms with Gasteiger partial charge in [0, 0.05) is 24.0 Å². The van der Waals surface area contributed by atoms with Crippen molar-refractivity contribution in [3.8, 4) is 6.07 Å². The summed E-state index contributed by atoms with van der Waals surface area (Å²) in [5.74, 6) is -0.0504. The SMILES string of the molecule is Cc1cc(C(=O)N(CC#N)Cc2ccccc2)c(C)n1C1CCCCC1. The van der Waals surface area contributed by atoms with Gasteiger partial charge in [0.15, 0.2) is 0 Å². The zero-order chi connectivity index (χ0) is 18.5. The van der Waals surface area contributed by atoms with E-state index in [1.54, 1.807) is 4.90 Å². The summed E-state index contributed by atoms with van der Waals surface area (Å²) in [6.07, 6.45) is 6.22. The number of nitriles is 1. The number of hydrogen-bond donors (Lipinski definition) is 0. The maximum absolute atomic E-state index is 13.2. The third kappa shape index (κ3) is 3.83. The second-order valence-corrected chi connectivity index (χ2v) is 7.25. The summed E-state index contributed by atoms with van der Waals surface area (Å²) in [6.45, 7) is 4.69. The van der Waals surface area contributed by atoms with Crippen LogP contribution in [0.2, 0.25) is 0 Å². The van der Waals surface area contributed by atoms with Crippen molar-refractivity contribution >= 4 is 5.91 Å². The highest BCUT2D eigenvalue weighted by Crippen LogP contribution is 2.32. The molecule has 0 N–H and O–H groups in total. The van der Waals surface area contributed by atoms with Crippen LogP contribution in [0.3, 0.4) is 0 Å². The van der Waals surface area contributed by atoms with Crippen molar-refractivity contribution in [3.05, 3.63) is 58.9 Å². The van der Waals surface area contributed by atoms with Crippen LogP contribution in [0.1, 0.15) is 65.5 Å². The number of aromatic nitrogens is 1. The number of nitrogens with zero attached hydrogens (tertiary/aromatic N) is 3. The molecule has 0 unspecified atom stereocenters. The Morgan fingerprint density at radius 2 is 1.88 bits per heavy atom. The lowest BCUT2D eigenvalue weighted by molar-refractivity contribution is 0.0764. The van der Waals surface area contributed by atoms with E-state index >= 15 is 0 Å². The highest BCUT2D eigenvalue weighted by atomic mass is 16.2. The highest BCUT2D eigenvalue weighted by Gasteiger charge is 2.25. The Balaban J connectivity index is 1.86. The predicted molar refractivity (Wildman–Crippen MR) is 103 cm³/mol. The maximum Gasteiger partial charge on any atom is 0.256 e. The van der Waals surface area contributed by atoms with Crippen LogP contribution in [0.5, 0.6) is 0 Å². The predicted octanol–water partition coefficient (Wildman–Crippen LogP) is 4.78. The zero-order valence-corrected chi connectivity index (χ0v) is 15.7. The number of aryl methyl sites for hydroxylation is 1. The molecule has 136 valence electrons. The first-order valence-corrected chi connectivity index (χ1v) is 9.50. The van der Waals surface area contributed by atoms with Gasteiger partial charge in [-0.2, -0.15) is 5.26 Å². The minimum Gasteiger partial charge on any atom is -0.345 e. The van der Waals surface area contributed by atoms with Gasteiger partial charge in [0.1, 0.15) is 6.54 Å². The van der Waals surface area contributed by atoms with Crippen molar-refractivity contribution in [1.29, 1.82) is 5.26 Å². The van der Waals surface area contributed by atoms with Gasteiger partial charge in [-0.1, -0.05) is 49.6 Å². The lowest BCUT2D eigenvalue weighted by Gasteiger charge is -2.26. The van der Waals surface area contributed by atoms with Crippen LogP contribution in [-0.2, 0) is 6.54 Å². The maximum atomic E-state index is 13.2. The van der Waals surface area contributed by atoms with E-state index in [9.17, 15) is 10.1 Å². The van der Waals surface area contributed by atoms with E-state index in [4.69, 9.17) is 0 Å². The number of rotatable bonds is 5. The fourth-order valence-corrected chi connectivity index (χ4v) is 4.15. The van der Waals surface area contributed by atoms with E-state index in [-0.39, 0.29) is 12.5 Å². The van der Waals surface area contributed by atoms with Crippen molar-refractivity contribution in [2.75, 3.05) is 6.54 Å². The average Bonchev–Trinajstić information content (AvgIpc) is 2.96. The van der Waals surface area contributed by atoms with Crippen molar-refractivity contribution in [2.24, 2.45) is 0 Å². The van der Waals surface area contributed by atoms with Crippen LogP contribution in [-0.4, -0.2) is 21.9 Å². The van der Waals surface area contributed by atoms with Crippen LogP contribution >= 0.6 is 0 Å². The second-order valence-electron chi connectivity index (χ2n) is 7.25. The molecule has 0 spiro atoms. The summed E-state index contributed by atoms with van der Waals surface area (Å²) in [5.41, 5.74) is 3.96. The van der Waals surface area contributed by atoms with E-state index in [2.05, 4.69) is 17.6 Å². The molecule has 1 fully saturated rings. The molecule has 26 heavy (non-hydrogen) atoms. The largest absolute Gasteiger partial charge is 0.345 e. The Morgan fingerprint density at radius 1 is 1.19 bits per heavy atom. The molecule has 0 radical (unpaired) electrons. The van der Waals surface area contributed by atoms with Crippen LogP contribution in [0.4, 0.5) is 0 Å². The highest BCUT2D eigenvalue weighted by molar-refractivity contribution is 5.95. The van der Waals surface area contributed by atoms with Crippen LogP contribution in [0.25, 0.3) is 0 Å². The third-order valence-electron chi connectivity index (χ3n) is 5.42. The second kappa shape index (κ2) is 8.23. The van der Waals surface area contributed by atoms with Gasteiger partial charge in [-0.3, -0.25) is 4.79 Å². The normalized spacial score (nSPS) is 14.8. The van der Waals surface area contributed by atoms with Crippen molar-refractivity contribution in [2.45, 2.75) is 58.5 Å². The van der Waals surface area contributed by atoms with E-state index in [0.717, 1.165) is 22.5 Å². The number of carbonyl (C=O) groups is 1. The molecule has 4 heteroatoms. The topological polar surface area (TPSA) is 49.0 Å². The van der Waals surface area contributed by atoms with Gasteiger partial charge in [0.25, 0.3) is 5.91 Å². The Labute approximate surface area is 156 Å². The molecule has 1 aromatic carbocycles. The van der Waals surface area contributed by atoms with Gasteiger partial charge in [-0.05, 0) is 38.3 Å². The fraction of sp³-hybridized carbons (Fsp3) is 0.455. The molecular weight excluding hydrogens is 322 g/mol. The molecule has 1 heterocycles. The molecule has 3 rings (SSSR count). The summed E-state index contributed by atoms with van der Waals surface area (Å²) in [5, 5.41) is 9.19. The van der Waals surface area contributed by atoms with Crippen molar-refractivity contribution in [1.82, 2.24) is 9.47 Å². The Kier molecular flexibility index (Phi) is 5.78. The molecule has 4 nitrogen and oxygen atoms in total. The first-order chi connectivity index (χ1) is 12.6. The van der Waals surface area contributed by atoms with E-state index in [1.165, 1.54) is 32.1 Å². The van der Waals surface area contributed by atoms with Gasteiger partial charge in [0.05, 0.1) is 11.6 Å². The number of amides is 1. The van der Waals surface area contributed by atoms with Crippen LogP contribution < -0.4 is 0 Å². The molecule has 1 saturated carbocycles. The Morgan fingerprint density at radius 3 is 2.54 bits per heavy atom. The molecule has 0 bridgehead atoms. The summed E-state index contributed by atoms with van der Waals surface area (Å²) in [7, 11) is 0. The average molecular weight is 349 g/mol. The third-order valence-corrected chi connectivity index (χ3v) is 5.42. The standard InChI is InChI=1S/C22H27N3O/c1-17-15-21(18(2)25(17)20-11-7-4-8-12-20)22(26)24(14-13-23)16-19-9-5-3-6-10-19/h3,5-6,9-10,15,20H,4,7-8,11-12,14,16H2,1-2H3. The summed E-state index contributed by atoms with van der Waals surface area (Å²) < 4.78 is 2.35. The monoisotopic (exact) mass is 349 g/mol. The van der Waals surface area contributed by atoms with Gasteiger partial charge in [-0.25, -0.2) is 0 Å². The summed E-state index contributed by atoms with van der Waals surface area (Å²) in [4.78, 5) is 14.8. The molecule has 0 atom stereocenters. The summed E-state index contributed by atoms with van der Waals surface area (Å²) >= 11 is 0. The number of carbonyl (C=O) groups excluding carboxylic acids is 1. The first-order valence-electron chi connectivity index (χ1n) is 9.50. The molecular formula is C22H27N3O. The molecule has 0 saturated heterocycles. The number of hydrogen-bond acceptors (Lipinski definition) is 2. The van der Waals surface area contributed by atoms with Gasteiger partial charge < -0.3 is 9.47 Å². The molecule has 1 aromatic heterocycles.